The lowest BCUT2D eigenvalue weighted by Gasteiger charge is -2.05. The summed E-state index contributed by atoms with van der Waals surface area (Å²) in [5.41, 5.74) is 1.15. The highest BCUT2D eigenvalue weighted by Gasteiger charge is 2.04. The Hall–Kier alpha value is -1.49. The Morgan fingerprint density at radius 1 is 1.31 bits per heavy atom. The number of halogens is 1. The Labute approximate surface area is 102 Å². The Kier molecular flexibility index (Phi) is 3.46. The topological polar surface area (TPSA) is 50.7 Å². The highest BCUT2D eigenvalue weighted by atomic mass is 79.9. The molecule has 16 heavy (non-hydrogen) atoms. The van der Waals surface area contributed by atoms with Crippen LogP contribution >= 0.6 is 15.9 Å². The van der Waals surface area contributed by atoms with Crippen LogP contribution in [0.3, 0.4) is 0 Å². The molecule has 0 aliphatic rings. The van der Waals surface area contributed by atoms with Crippen molar-refractivity contribution >= 4 is 21.7 Å². The van der Waals surface area contributed by atoms with Crippen molar-refractivity contribution < 1.29 is 0 Å². The molecule has 0 atom stereocenters. The van der Waals surface area contributed by atoms with Gasteiger partial charge >= 0.3 is 0 Å². The molecule has 0 aromatic carbocycles. The third kappa shape index (κ3) is 2.55. The van der Waals surface area contributed by atoms with Crippen LogP contribution in [-0.2, 0) is 6.42 Å². The van der Waals surface area contributed by atoms with Gasteiger partial charge in [-0.1, -0.05) is 0 Å². The van der Waals surface area contributed by atoms with Crippen molar-refractivity contribution in [2.45, 2.75) is 6.42 Å². The number of rotatable bonds is 3. The van der Waals surface area contributed by atoms with Crippen LogP contribution in [0.1, 0.15) is 11.4 Å². The molecule has 0 fully saturated rings. The van der Waals surface area contributed by atoms with Gasteiger partial charge in [0, 0.05) is 32.1 Å². The molecule has 0 radical (unpaired) electrons. The molecule has 2 aromatic rings. The summed E-state index contributed by atoms with van der Waals surface area (Å²) in [6.45, 7) is 0. The molecule has 2 heterocycles. The van der Waals surface area contributed by atoms with Gasteiger partial charge in [0.1, 0.15) is 11.6 Å². The van der Waals surface area contributed by atoms with E-state index in [1.165, 1.54) is 0 Å². The molecule has 0 spiro atoms. The van der Waals surface area contributed by atoms with E-state index >= 15 is 0 Å². The van der Waals surface area contributed by atoms with Gasteiger partial charge in [0.2, 0.25) is 0 Å². The average molecular weight is 279 g/mol. The minimum Gasteiger partial charge on any atom is -0.372 e. The van der Waals surface area contributed by atoms with Gasteiger partial charge in [-0.05, 0) is 33.6 Å². The predicted octanol–water partition coefficient (Wildman–Crippen LogP) is 2.27. The van der Waals surface area contributed by atoms with E-state index in [1.807, 2.05) is 19.2 Å². The van der Waals surface area contributed by atoms with E-state index in [1.54, 1.807) is 18.6 Å². The number of nitrogens with zero attached hydrogens (tertiary/aromatic N) is 3. The van der Waals surface area contributed by atoms with E-state index in [0.717, 1.165) is 21.7 Å². The van der Waals surface area contributed by atoms with Gasteiger partial charge in [-0.25, -0.2) is 9.97 Å². The van der Waals surface area contributed by atoms with E-state index in [4.69, 9.17) is 0 Å². The molecule has 0 unspecified atom stereocenters. The van der Waals surface area contributed by atoms with Crippen LogP contribution in [0.4, 0.5) is 5.82 Å². The second-order valence-corrected chi connectivity index (χ2v) is 4.12. The van der Waals surface area contributed by atoms with Crippen LogP contribution in [0, 0.1) is 0 Å². The minimum absolute atomic E-state index is 0.713. The molecular formula is C11H11BrN4. The van der Waals surface area contributed by atoms with Crippen LogP contribution in [-0.4, -0.2) is 22.0 Å². The first-order valence-corrected chi connectivity index (χ1v) is 5.67. The van der Waals surface area contributed by atoms with Gasteiger partial charge < -0.3 is 5.32 Å². The minimum atomic E-state index is 0.713. The number of nitrogens with one attached hydrogen (secondary N) is 1. The summed E-state index contributed by atoms with van der Waals surface area (Å²) in [5.74, 6) is 1.60. The third-order valence-corrected chi connectivity index (χ3v) is 2.72. The summed E-state index contributed by atoms with van der Waals surface area (Å²) in [5, 5.41) is 3.01. The van der Waals surface area contributed by atoms with Crippen molar-refractivity contribution in [3.05, 3.63) is 46.6 Å². The zero-order valence-electron chi connectivity index (χ0n) is 8.81. The molecule has 5 heteroatoms. The normalized spacial score (nSPS) is 10.1. The van der Waals surface area contributed by atoms with Gasteiger partial charge in [0.15, 0.2) is 0 Å². The van der Waals surface area contributed by atoms with Crippen molar-refractivity contribution in [1.29, 1.82) is 0 Å². The molecule has 1 N–H and O–H groups in total. The smallest absolute Gasteiger partial charge is 0.143 e. The maximum absolute atomic E-state index is 4.40. The van der Waals surface area contributed by atoms with Crippen molar-refractivity contribution in [2.24, 2.45) is 0 Å². The highest BCUT2D eigenvalue weighted by molar-refractivity contribution is 9.10. The van der Waals surface area contributed by atoms with Gasteiger partial charge in [0.25, 0.3) is 0 Å². The molecule has 0 saturated heterocycles. The van der Waals surface area contributed by atoms with Crippen molar-refractivity contribution in [3.63, 3.8) is 0 Å². The molecule has 0 aliphatic carbocycles. The van der Waals surface area contributed by atoms with E-state index in [2.05, 4.69) is 36.2 Å². The second-order valence-electron chi connectivity index (χ2n) is 3.27. The van der Waals surface area contributed by atoms with E-state index in [0.29, 0.717) is 6.42 Å². The Bertz CT molecular complexity index is 473. The maximum atomic E-state index is 4.40. The fraction of sp³-hybridized carbons (Fsp3) is 0.182. The number of aromatic nitrogens is 3. The lowest BCUT2D eigenvalue weighted by atomic mass is 10.2. The fourth-order valence-corrected chi connectivity index (χ4v) is 1.74. The zero-order valence-corrected chi connectivity index (χ0v) is 10.4. The van der Waals surface area contributed by atoms with Gasteiger partial charge in [0.05, 0.1) is 4.47 Å². The van der Waals surface area contributed by atoms with Crippen LogP contribution in [0.2, 0.25) is 0 Å². The first-order valence-electron chi connectivity index (χ1n) is 4.87. The van der Waals surface area contributed by atoms with Crippen molar-refractivity contribution in [3.8, 4) is 0 Å². The van der Waals surface area contributed by atoms with Gasteiger partial charge in [-0.3, -0.25) is 4.98 Å². The first kappa shape index (κ1) is 11.0. The van der Waals surface area contributed by atoms with Gasteiger partial charge in [-0.2, -0.15) is 0 Å². The molecule has 2 aromatic heterocycles. The molecule has 82 valence electrons. The summed E-state index contributed by atoms with van der Waals surface area (Å²) in [6.07, 6.45) is 6.01. The van der Waals surface area contributed by atoms with Crippen molar-refractivity contribution in [2.75, 3.05) is 12.4 Å². The summed E-state index contributed by atoms with van der Waals surface area (Å²) >= 11 is 3.38. The fourth-order valence-electron chi connectivity index (χ4n) is 1.35. The number of anilines is 1. The molecule has 0 bridgehead atoms. The highest BCUT2D eigenvalue weighted by Crippen LogP contribution is 2.18. The van der Waals surface area contributed by atoms with Crippen molar-refractivity contribution in [1.82, 2.24) is 15.0 Å². The summed E-state index contributed by atoms with van der Waals surface area (Å²) < 4.78 is 0.869. The monoisotopic (exact) mass is 278 g/mol. The van der Waals surface area contributed by atoms with Gasteiger partial charge in [-0.15, -0.1) is 0 Å². The lowest BCUT2D eigenvalue weighted by Crippen LogP contribution is -2.01. The van der Waals surface area contributed by atoms with E-state index < -0.39 is 0 Å². The lowest BCUT2D eigenvalue weighted by molar-refractivity contribution is 0.960. The molecule has 0 saturated carbocycles. The number of hydrogen-bond acceptors (Lipinski definition) is 4. The quantitative estimate of drug-likeness (QED) is 0.936. The number of pyridine rings is 1. The molecule has 0 amide bonds. The average Bonchev–Trinajstić information content (AvgIpc) is 2.33. The molecule has 2 rings (SSSR count). The Morgan fingerprint density at radius 2 is 2.06 bits per heavy atom. The van der Waals surface area contributed by atoms with E-state index in [9.17, 15) is 0 Å². The van der Waals surface area contributed by atoms with E-state index in [-0.39, 0.29) is 0 Å². The number of hydrogen-bond donors (Lipinski definition) is 1. The maximum Gasteiger partial charge on any atom is 0.143 e. The van der Waals surface area contributed by atoms with Crippen LogP contribution in [0.5, 0.6) is 0 Å². The third-order valence-electron chi connectivity index (χ3n) is 2.14. The Balaban J connectivity index is 2.22. The Morgan fingerprint density at radius 3 is 2.75 bits per heavy atom. The summed E-state index contributed by atoms with van der Waals surface area (Å²) in [7, 11) is 1.84. The SMILES string of the molecule is CNc1nc(Cc2ccncc2)ncc1Br. The largest absolute Gasteiger partial charge is 0.372 e. The summed E-state index contributed by atoms with van der Waals surface area (Å²) in [6, 6.07) is 3.93. The van der Waals surface area contributed by atoms with Crippen LogP contribution in [0.25, 0.3) is 0 Å². The summed E-state index contributed by atoms with van der Waals surface area (Å²) in [4.78, 5) is 12.6. The molecular weight excluding hydrogens is 268 g/mol. The standard InChI is InChI=1S/C11H11BrN4/c1-13-11-9(12)7-15-10(16-11)6-8-2-4-14-5-3-8/h2-5,7H,6H2,1H3,(H,13,15,16). The molecule has 0 aliphatic heterocycles. The zero-order chi connectivity index (χ0) is 11.4. The van der Waals surface area contributed by atoms with Crippen LogP contribution in [0.15, 0.2) is 35.2 Å². The first-order chi connectivity index (χ1) is 7.79. The second kappa shape index (κ2) is 5.03. The predicted molar refractivity (Wildman–Crippen MR) is 66.3 cm³/mol. The van der Waals surface area contributed by atoms with Crippen LogP contribution < -0.4 is 5.32 Å². The molecule has 4 nitrogen and oxygen atoms in total.